The number of rotatable bonds is 10. The van der Waals surface area contributed by atoms with Crippen molar-refractivity contribution in [3.8, 4) is 23.0 Å². The molecule has 222 valence electrons. The summed E-state index contributed by atoms with van der Waals surface area (Å²) in [6, 6.07) is 12.7. The number of benzene rings is 2. The van der Waals surface area contributed by atoms with Gasteiger partial charge in [-0.3, -0.25) is 0 Å². The minimum atomic E-state index is -1.18. The fourth-order valence-electron chi connectivity index (χ4n) is 5.49. The molecule has 0 amide bonds. The van der Waals surface area contributed by atoms with E-state index < -0.39 is 23.2 Å². The Kier molecular flexibility index (Phi) is 8.96. The van der Waals surface area contributed by atoms with Gasteiger partial charge in [-0.2, -0.15) is 0 Å². The smallest absolute Gasteiger partial charge is 0.349 e. The molecule has 0 spiro atoms. The van der Waals surface area contributed by atoms with E-state index in [2.05, 4.69) is 4.98 Å². The SMILES string of the molecule is CCOC(=O)C(C)(C)Oc1ccc(OCC(C2CCCCC2)n2c(-c3ccc(Cl)cc3)nc3cc(F)c(F)cc32)nc1. The summed E-state index contributed by atoms with van der Waals surface area (Å²) < 4.78 is 48.0. The number of carbonyl (C=O) groups excluding carboxylic acids is 1. The Balaban J connectivity index is 1.47. The summed E-state index contributed by atoms with van der Waals surface area (Å²) in [5, 5.41) is 0.579. The molecule has 0 bridgehead atoms. The highest BCUT2D eigenvalue weighted by Crippen LogP contribution is 2.39. The second-order valence-corrected chi connectivity index (χ2v) is 11.4. The number of halogens is 3. The van der Waals surface area contributed by atoms with Crippen LogP contribution in [0.4, 0.5) is 8.78 Å². The normalized spacial score (nSPS) is 15.0. The summed E-state index contributed by atoms with van der Waals surface area (Å²) in [5.74, 6) is -0.775. The van der Waals surface area contributed by atoms with Gasteiger partial charge in [0.15, 0.2) is 17.2 Å². The van der Waals surface area contributed by atoms with Crippen LogP contribution in [0.15, 0.2) is 54.7 Å². The molecule has 1 aliphatic rings. The second kappa shape index (κ2) is 12.7. The first kappa shape index (κ1) is 29.8. The average Bonchev–Trinajstić information content (AvgIpc) is 3.33. The van der Waals surface area contributed by atoms with Crippen LogP contribution in [0.25, 0.3) is 22.4 Å². The zero-order valence-corrected chi connectivity index (χ0v) is 24.7. The first-order valence-electron chi connectivity index (χ1n) is 14.2. The summed E-state index contributed by atoms with van der Waals surface area (Å²) in [4.78, 5) is 21.3. The van der Waals surface area contributed by atoms with Gasteiger partial charge in [-0.05, 0) is 69.9 Å². The number of pyridine rings is 1. The van der Waals surface area contributed by atoms with Crippen molar-refractivity contribution in [1.29, 1.82) is 0 Å². The Bertz CT molecular complexity index is 1530. The summed E-state index contributed by atoms with van der Waals surface area (Å²) in [5.41, 5.74) is 0.460. The van der Waals surface area contributed by atoms with Gasteiger partial charge in [0.1, 0.15) is 18.2 Å². The van der Waals surface area contributed by atoms with Crippen LogP contribution in [0, 0.1) is 17.6 Å². The average molecular weight is 598 g/mol. The zero-order valence-electron chi connectivity index (χ0n) is 23.9. The molecule has 1 saturated carbocycles. The molecular formula is C32H34ClF2N3O4. The molecular weight excluding hydrogens is 564 g/mol. The van der Waals surface area contributed by atoms with Crippen LogP contribution < -0.4 is 9.47 Å². The lowest BCUT2D eigenvalue weighted by molar-refractivity contribution is -0.158. The number of fused-ring (bicyclic) bond motifs is 1. The first-order valence-corrected chi connectivity index (χ1v) is 14.6. The van der Waals surface area contributed by atoms with Crippen molar-refractivity contribution in [2.45, 2.75) is 64.5 Å². The zero-order chi connectivity index (χ0) is 29.9. The van der Waals surface area contributed by atoms with Crippen molar-refractivity contribution in [3.63, 3.8) is 0 Å². The molecule has 10 heteroatoms. The fraction of sp³-hybridized carbons (Fsp3) is 0.406. The summed E-state index contributed by atoms with van der Waals surface area (Å²) >= 11 is 6.15. The van der Waals surface area contributed by atoms with Gasteiger partial charge >= 0.3 is 5.97 Å². The topological polar surface area (TPSA) is 75.5 Å². The Morgan fingerprint density at radius 1 is 1.07 bits per heavy atom. The Hall–Kier alpha value is -3.72. The maximum absolute atomic E-state index is 14.6. The van der Waals surface area contributed by atoms with E-state index >= 15 is 0 Å². The molecule has 0 radical (unpaired) electrons. The molecule has 0 N–H and O–H groups in total. The van der Waals surface area contributed by atoms with E-state index in [0.29, 0.717) is 33.5 Å². The molecule has 2 heterocycles. The van der Waals surface area contributed by atoms with Crippen molar-refractivity contribution < 1.29 is 27.8 Å². The number of hydrogen-bond donors (Lipinski definition) is 0. The van der Waals surface area contributed by atoms with Gasteiger partial charge in [-0.1, -0.05) is 30.9 Å². The Labute approximate surface area is 248 Å². The molecule has 4 aromatic rings. The van der Waals surface area contributed by atoms with Gasteiger partial charge in [-0.15, -0.1) is 0 Å². The molecule has 42 heavy (non-hydrogen) atoms. The van der Waals surface area contributed by atoms with Crippen LogP contribution in [0.1, 0.15) is 58.9 Å². The number of aromatic nitrogens is 3. The van der Waals surface area contributed by atoms with Crippen LogP contribution >= 0.6 is 11.6 Å². The van der Waals surface area contributed by atoms with Gasteiger partial charge in [0.2, 0.25) is 5.88 Å². The quantitative estimate of drug-likeness (QED) is 0.173. The lowest BCUT2D eigenvalue weighted by Gasteiger charge is -2.32. The molecule has 1 unspecified atom stereocenters. The number of carbonyl (C=O) groups is 1. The fourth-order valence-corrected chi connectivity index (χ4v) is 5.62. The lowest BCUT2D eigenvalue weighted by Crippen LogP contribution is -2.39. The highest BCUT2D eigenvalue weighted by Gasteiger charge is 2.32. The molecule has 7 nitrogen and oxygen atoms in total. The molecule has 2 aromatic carbocycles. The standard InChI is InChI=1S/C32H34ClF2N3O4/c1-4-40-31(39)32(2,3)42-23-14-15-29(36-18-23)41-19-28(20-8-6-5-7-9-20)38-27-17-25(35)24(34)16-26(27)37-30(38)21-10-12-22(33)13-11-21/h10-18,20,28H,4-9,19H2,1-3H3. The molecule has 0 aliphatic heterocycles. The van der Waals surface area contributed by atoms with Crippen molar-refractivity contribution >= 4 is 28.6 Å². The van der Waals surface area contributed by atoms with E-state index in [1.165, 1.54) is 12.3 Å². The third-order valence-electron chi connectivity index (χ3n) is 7.61. The van der Waals surface area contributed by atoms with E-state index in [-0.39, 0.29) is 25.2 Å². The minimum Gasteiger partial charge on any atom is -0.475 e. The number of nitrogens with zero attached hydrogens (tertiary/aromatic N) is 3. The van der Waals surface area contributed by atoms with Crippen molar-refractivity contribution in [2.75, 3.05) is 13.2 Å². The maximum Gasteiger partial charge on any atom is 0.349 e. The van der Waals surface area contributed by atoms with E-state index in [1.54, 1.807) is 45.0 Å². The predicted molar refractivity (Wildman–Crippen MR) is 157 cm³/mol. The van der Waals surface area contributed by atoms with E-state index in [0.717, 1.165) is 43.7 Å². The molecule has 1 fully saturated rings. The maximum atomic E-state index is 14.6. The summed E-state index contributed by atoms with van der Waals surface area (Å²) in [6.07, 6.45) is 6.75. The first-order chi connectivity index (χ1) is 20.2. The molecule has 1 aliphatic carbocycles. The minimum absolute atomic E-state index is 0.225. The van der Waals surface area contributed by atoms with Crippen LogP contribution in [-0.2, 0) is 9.53 Å². The highest BCUT2D eigenvalue weighted by molar-refractivity contribution is 6.30. The van der Waals surface area contributed by atoms with E-state index in [9.17, 15) is 13.6 Å². The predicted octanol–water partition coefficient (Wildman–Crippen LogP) is 7.95. The van der Waals surface area contributed by atoms with Gasteiger partial charge < -0.3 is 18.8 Å². The Morgan fingerprint density at radius 2 is 1.79 bits per heavy atom. The largest absolute Gasteiger partial charge is 0.475 e. The molecule has 0 saturated heterocycles. The highest BCUT2D eigenvalue weighted by atomic mass is 35.5. The van der Waals surface area contributed by atoms with Crippen LogP contribution in [0.5, 0.6) is 11.6 Å². The van der Waals surface area contributed by atoms with Crippen molar-refractivity contribution in [2.24, 2.45) is 5.92 Å². The van der Waals surface area contributed by atoms with Gasteiger partial charge in [0.05, 0.1) is 29.9 Å². The van der Waals surface area contributed by atoms with Gasteiger partial charge in [0.25, 0.3) is 0 Å². The lowest BCUT2D eigenvalue weighted by atomic mass is 9.83. The van der Waals surface area contributed by atoms with Gasteiger partial charge in [-0.25, -0.2) is 23.5 Å². The van der Waals surface area contributed by atoms with E-state index in [4.69, 9.17) is 30.8 Å². The van der Waals surface area contributed by atoms with Crippen molar-refractivity contribution in [1.82, 2.24) is 14.5 Å². The number of esters is 1. The van der Waals surface area contributed by atoms with E-state index in [1.807, 2.05) is 16.7 Å². The van der Waals surface area contributed by atoms with Crippen LogP contribution in [0.3, 0.4) is 0 Å². The number of hydrogen-bond acceptors (Lipinski definition) is 6. The number of ether oxygens (including phenoxy) is 3. The Morgan fingerprint density at radius 3 is 2.45 bits per heavy atom. The molecule has 5 rings (SSSR count). The molecule has 2 aromatic heterocycles. The monoisotopic (exact) mass is 597 g/mol. The van der Waals surface area contributed by atoms with Gasteiger partial charge in [0, 0.05) is 28.8 Å². The molecule has 1 atom stereocenters. The van der Waals surface area contributed by atoms with Crippen LogP contribution in [-0.4, -0.2) is 39.3 Å². The summed E-state index contributed by atoms with van der Waals surface area (Å²) in [6.45, 7) is 5.49. The number of imidazole rings is 1. The second-order valence-electron chi connectivity index (χ2n) is 11.0. The third kappa shape index (κ3) is 6.51. The third-order valence-corrected chi connectivity index (χ3v) is 7.86. The van der Waals surface area contributed by atoms with Crippen molar-refractivity contribution in [3.05, 3.63) is 71.4 Å². The summed E-state index contributed by atoms with van der Waals surface area (Å²) in [7, 11) is 0. The van der Waals surface area contributed by atoms with Crippen LogP contribution in [0.2, 0.25) is 5.02 Å².